The number of hydrogen-bond donors (Lipinski definition) is 0. The first-order chi connectivity index (χ1) is 9.66. The molecule has 2 heterocycles. The number of nitro benzene ring substituents is 1. The molecule has 1 fully saturated rings. The van der Waals surface area contributed by atoms with Gasteiger partial charge in [0.05, 0.1) is 10.3 Å². The van der Waals surface area contributed by atoms with Crippen LogP contribution in [0.2, 0.25) is 0 Å². The highest BCUT2D eigenvalue weighted by Gasteiger charge is 2.21. The second-order valence-corrected chi connectivity index (χ2v) is 5.48. The van der Waals surface area contributed by atoms with E-state index in [-0.39, 0.29) is 10.6 Å². The van der Waals surface area contributed by atoms with E-state index < -0.39 is 0 Å². The summed E-state index contributed by atoms with van der Waals surface area (Å²) >= 11 is 0. The summed E-state index contributed by atoms with van der Waals surface area (Å²) in [5, 5.41) is 12.7. The van der Waals surface area contributed by atoms with E-state index in [1.165, 1.54) is 12.8 Å². The highest BCUT2D eigenvalue weighted by molar-refractivity contribution is 5.99. The molecule has 0 amide bonds. The first-order valence-electron chi connectivity index (χ1n) is 6.93. The van der Waals surface area contributed by atoms with E-state index in [0.717, 1.165) is 24.2 Å². The zero-order valence-electron chi connectivity index (χ0n) is 11.5. The maximum atomic E-state index is 11.1. The number of nitro groups is 1. The van der Waals surface area contributed by atoms with Gasteiger partial charge in [0, 0.05) is 42.6 Å². The molecule has 0 radical (unpaired) electrons. The van der Waals surface area contributed by atoms with Crippen LogP contribution in [0.5, 0.6) is 0 Å². The van der Waals surface area contributed by atoms with Crippen molar-refractivity contribution in [1.82, 2.24) is 4.98 Å². The predicted molar refractivity (Wildman–Crippen MR) is 79.0 cm³/mol. The Morgan fingerprint density at radius 2 is 2.20 bits per heavy atom. The summed E-state index contributed by atoms with van der Waals surface area (Å²) in [6, 6.07) is 5.34. The summed E-state index contributed by atoms with van der Waals surface area (Å²) in [4.78, 5) is 17.1. The van der Waals surface area contributed by atoms with Gasteiger partial charge in [-0.05, 0) is 30.9 Å². The average Bonchev–Trinajstić information content (AvgIpc) is 2.46. The quantitative estimate of drug-likeness (QED) is 0.620. The maximum absolute atomic E-state index is 11.1. The van der Waals surface area contributed by atoms with Gasteiger partial charge in [-0.15, -0.1) is 0 Å². The molecule has 5 nitrogen and oxygen atoms in total. The maximum Gasteiger partial charge on any atom is 0.278 e. The number of nitrogens with zero attached hydrogens (tertiary/aromatic N) is 3. The van der Waals surface area contributed by atoms with Gasteiger partial charge in [0.25, 0.3) is 5.69 Å². The summed E-state index contributed by atoms with van der Waals surface area (Å²) in [6.45, 7) is 4.27. The average molecular weight is 271 g/mol. The summed E-state index contributed by atoms with van der Waals surface area (Å²) in [7, 11) is 0. The fraction of sp³-hybridized carbons (Fsp3) is 0.400. The van der Waals surface area contributed by atoms with Crippen molar-refractivity contribution in [3.63, 3.8) is 0 Å². The van der Waals surface area contributed by atoms with Gasteiger partial charge < -0.3 is 4.90 Å². The van der Waals surface area contributed by atoms with Crippen LogP contribution in [-0.2, 0) is 0 Å². The lowest BCUT2D eigenvalue weighted by Crippen LogP contribution is -2.34. The number of non-ortho nitro benzene ring substituents is 1. The number of anilines is 1. The van der Waals surface area contributed by atoms with Gasteiger partial charge in [-0.1, -0.05) is 6.92 Å². The van der Waals surface area contributed by atoms with Crippen molar-refractivity contribution in [3.05, 3.63) is 40.7 Å². The van der Waals surface area contributed by atoms with Gasteiger partial charge >= 0.3 is 0 Å². The Bertz CT molecular complexity index is 657. The van der Waals surface area contributed by atoms with E-state index in [1.807, 2.05) is 12.1 Å². The third-order valence-electron chi connectivity index (χ3n) is 3.97. The van der Waals surface area contributed by atoms with E-state index in [1.54, 1.807) is 18.5 Å². The van der Waals surface area contributed by atoms with Crippen LogP contribution >= 0.6 is 0 Å². The number of pyridine rings is 1. The smallest absolute Gasteiger partial charge is 0.278 e. The van der Waals surface area contributed by atoms with Gasteiger partial charge in [0.1, 0.15) is 0 Å². The largest absolute Gasteiger partial charge is 0.371 e. The minimum atomic E-state index is -0.341. The molecule has 2 aromatic rings. The number of rotatable bonds is 2. The molecule has 1 aromatic heterocycles. The third-order valence-corrected chi connectivity index (χ3v) is 3.97. The zero-order chi connectivity index (χ0) is 14.1. The van der Waals surface area contributed by atoms with E-state index in [0.29, 0.717) is 11.3 Å². The Hall–Kier alpha value is -2.17. The molecule has 0 N–H and O–H groups in total. The van der Waals surface area contributed by atoms with Crippen molar-refractivity contribution in [2.75, 3.05) is 18.0 Å². The molecule has 0 bridgehead atoms. The normalized spacial score (nSPS) is 19.2. The summed E-state index contributed by atoms with van der Waals surface area (Å²) in [5.74, 6) is 0.663. The second-order valence-electron chi connectivity index (χ2n) is 5.48. The van der Waals surface area contributed by atoms with Crippen molar-refractivity contribution in [1.29, 1.82) is 0 Å². The zero-order valence-corrected chi connectivity index (χ0v) is 11.5. The molecular weight excluding hydrogens is 254 g/mol. The number of fused-ring (bicyclic) bond motifs is 1. The number of aromatic nitrogens is 1. The van der Waals surface area contributed by atoms with Crippen LogP contribution < -0.4 is 4.90 Å². The summed E-state index contributed by atoms with van der Waals surface area (Å²) in [5.41, 5.74) is 1.21. The fourth-order valence-corrected chi connectivity index (χ4v) is 3.00. The number of piperidine rings is 1. The molecule has 20 heavy (non-hydrogen) atoms. The van der Waals surface area contributed by atoms with Crippen LogP contribution in [0.4, 0.5) is 11.4 Å². The Morgan fingerprint density at radius 1 is 1.35 bits per heavy atom. The van der Waals surface area contributed by atoms with Crippen molar-refractivity contribution < 1.29 is 4.92 Å². The lowest BCUT2D eigenvalue weighted by molar-refractivity contribution is -0.383. The monoisotopic (exact) mass is 271 g/mol. The molecule has 1 atom stereocenters. The molecule has 1 saturated heterocycles. The van der Waals surface area contributed by atoms with Crippen LogP contribution in [0.1, 0.15) is 19.8 Å². The second kappa shape index (κ2) is 5.07. The SMILES string of the molecule is C[C@@H]1CCCN(c2ccc([N+](=O)[O-])c3cnccc23)C1. The molecule has 104 valence electrons. The van der Waals surface area contributed by atoms with E-state index in [4.69, 9.17) is 0 Å². The molecule has 0 unspecified atom stereocenters. The van der Waals surface area contributed by atoms with Crippen LogP contribution in [0, 0.1) is 16.0 Å². The highest BCUT2D eigenvalue weighted by atomic mass is 16.6. The van der Waals surface area contributed by atoms with Gasteiger partial charge in [0.2, 0.25) is 0 Å². The Kier molecular flexibility index (Phi) is 3.26. The van der Waals surface area contributed by atoms with Crippen LogP contribution in [0.25, 0.3) is 10.8 Å². The number of hydrogen-bond acceptors (Lipinski definition) is 4. The van der Waals surface area contributed by atoms with Crippen molar-refractivity contribution in [2.45, 2.75) is 19.8 Å². The Labute approximate surface area is 117 Å². The van der Waals surface area contributed by atoms with E-state index >= 15 is 0 Å². The molecular formula is C15H17N3O2. The molecule has 1 aromatic carbocycles. The van der Waals surface area contributed by atoms with Crippen molar-refractivity contribution in [3.8, 4) is 0 Å². The minimum Gasteiger partial charge on any atom is -0.371 e. The summed E-state index contributed by atoms with van der Waals surface area (Å²) in [6.07, 6.45) is 5.71. The lowest BCUT2D eigenvalue weighted by atomic mass is 9.98. The molecule has 1 aliphatic rings. The highest BCUT2D eigenvalue weighted by Crippen LogP contribution is 2.34. The van der Waals surface area contributed by atoms with E-state index in [2.05, 4.69) is 16.8 Å². The van der Waals surface area contributed by atoms with Gasteiger partial charge in [-0.2, -0.15) is 0 Å². The third kappa shape index (κ3) is 2.19. The minimum absolute atomic E-state index is 0.127. The topological polar surface area (TPSA) is 59.3 Å². The molecule has 1 aliphatic heterocycles. The predicted octanol–water partition coefficient (Wildman–Crippen LogP) is 3.38. The van der Waals surface area contributed by atoms with Gasteiger partial charge in [-0.3, -0.25) is 15.1 Å². The van der Waals surface area contributed by atoms with Crippen molar-refractivity contribution in [2.24, 2.45) is 5.92 Å². The molecule has 0 aliphatic carbocycles. The Balaban J connectivity index is 2.12. The first-order valence-corrected chi connectivity index (χ1v) is 6.93. The van der Waals surface area contributed by atoms with Crippen LogP contribution in [-0.4, -0.2) is 23.0 Å². The van der Waals surface area contributed by atoms with Gasteiger partial charge in [-0.25, -0.2) is 0 Å². The van der Waals surface area contributed by atoms with Crippen molar-refractivity contribution >= 4 is 22.1 Å². The number of benzene rings is 1. The lowest BCUT2D eigenvalue weighted by Gasteiger charge is -2.33. The van der Waals surface area contributed by atoms with Gasteiger partial charge in [0.15, 0.2) is 0 Å². The van der Waals surface area contributed by atoms with Crippen LogP contribution in [0.15, 0.2) is 30.6 Å². The molecule has 0 saturated carbocycles. The molecule has 0 spiro atoms. The summed E-state index contributed by atoms with van der Waals surface area (Å²) < 4.78 is 0. The standard InChI is InChI=1S/C15H17N3O2/c1-11-3-2-8-17(10-11)14-4-5-15(18(19)20)13-9-16-7-6-12(13)14/h4-7,9,11H,2-3,8,10H2,1H3/t11-/m1/s1. The Morgan fingerprint density at radius 3 is 2.95 bits per heavy atom. The first kappa shape index (κ1) is 12.8. The molecule has 5 heteroatoms. The van der Waals surface area contributed by atoms with Crippen LogP contribution in [0.3, 0.4) is 0 Å². The fourth-order valence-electron chi connectivity index (χ4n) is 3.00. The van der Waals surface area contributed by atoms with E-state index in [9.17, 15) is 10.1 Å². The molecule has 3 rings (SSSR count).